The maximum absolute atomic E-state index is 11.1. The predicted molar refractivity (Wildman–Crippen MR) is 43.5 cm³/mol. The summed E-state index contributed by atoms with van der Waals surface area (Å²) in [6, 6.07) is 0. The molecule has 1 aliphatic rings. The molecule has 7 nitrogen and oxygen atoms in total. The summed E-state index contributed by atoms with van der Waals surface area (Å²) >= 11 is 0. The smallest absolute Gasteiger partial charge is 0.360 e. The van der Waals surface area contributed by atoms with Gasteiger partial charge in [0, 0.05) is 0 Å². The molecule has 0 spiro atoms. The van der Waals surface area contributed by atoms with Gasteiger partial charge >= 0.3 is 17.9 Å². The molecule has 15 heavy (non-hydrogen) atoms. The third-order valence-electron chi connectivity index (χ3n) is 1.62. The molecule has 84 valence electrons. The molecule has 0 radical (unpaired) electrons. The Morgan fingerprint density at radius 2 is 2.07 bits per heavy atom. The first-order chi connectivity index (χ1) is 7.06. The molecule has 0 aromatic carbocycles. The van der Waals surface area contributed by atoms with Crippen molar-refractivity contribution < 1.29 is 33.7 Å². The van der Waals surface area contributed by atoms with E-state index in [1.165, 1.54) is 6.92 Å². The van der Waals surface area contributed by atoms with Crippen LogP contribution in [0.15, 0.2) is 0 Å². The van der Waals surface area contributed by atoms with Crippen LogP contribution in [0.2, 0.25) is 0 Å². The molecule has 0 bridgehead atoms. The predicted octanol–water partition coefficient (Wildman–Crippen LogP) is -1.62. The second-order valence-corrected chi connectivity index (χ2v) is 2.79. The van der Waals surface area contributed by atoms with Crippen LogP contribution in [0.3, 0.4) is 0 Å². The van der Waals surface area contributed by atoms with E-state index in [0.29, 0.717) is 0 Å². The van der Waals surface area contributed by atoms with E-state index in [1.54, 1.807) is 0 Å². The van der Waals surface area contributed by atoms with Crippen molar-refractivity contribution in [2.24, 2.45) is 0 Å². The van der Waals surface area contributed by atoms with Gasteiger partial charge in [-0.3, -0.25) is 0 Å². The van der Waals surface area contributed by atoms with E-state index in [9.17, 15) is 14.4 Å². The first-order valence-corrected chi connectivity index (χ1v) is 4.24. The molecule has 1 heterocycles. The number of hydrogen-bond donors (Lipinski definition) is 1. The lowest BCUT2D eigenvalue weighted by Crippen LogP contribution is -2.47. The Bertz CT molecular complexity index is 285. The van der Waals surface area contributed by atoms with E-state index in [1.807, 2.05) is 0 Å². The molecular weight excluding hydrogens is 208 g/mol. The Hall–Kier alpha value is -1.63. The zero-order valence-corrected chi connectivity index (χ0v) is 7.97. The Morgan fingerprint density at radius 3 is 2.67 bits per heavy atom. The molecule has 0 amide bonds. The molecule has 1 rings (SSSR count). The minimum Gasteiger partial charge on any atom is -0.460 e. The number of aliphatic hydroxyl groups excluding tert-OH is 1. The van der Waals surface area contributed by atoms with Crippen molar-refractivity contribution in [1.82, 2.24) is 0 Å². The SMILES string of the molecule is CC1OC(=O)C(C(=O)OCCO)OC1=O. The number of hydrogen-bond acceptors (Lipinski definition) is 7. The summed E-state index contributed by atoms with van der Waals surface area (Å²) in [6.45, 7) is 0.684. The number of ether oxygens (including phenoxy) is 3. The van der Waals surface area contributed by atoms with E-state index in [0.717, 1.165) is 0 Å². The van der Waals surface area contributed by atoms with Gasteiger partial charge in [-0.2, -0.15) is 0 Å². The highest BCUT2D eigenvalue weighted by Gasteiger charge is 2.41. The molecule has 0 aliphatic carbocycles. The van der Waals surface area contributed by atoms with Gasteiger partial charge in [0.2, 0.25) is 0 Å². The summed E-state index contributed by atoms with van der Waals surface area (Å²) in [5, 5.41) is 8.37. The Labute approximate surface area is 84.9 Å². The van der Waals surface area contributed by atoms with E-state index in [-0.39, 0.29) is 13.2 Å². The molecule has 0 aromatic heterocycles. The van der Waals surface area contributed by atoms with Crippen molar-refractivity contribution in [1.29, 1.82) is 0 Å². The van der Waals surface area contributed by atoms with Crippen LogP contribution in [0.25, 0.3) is 0 Å². The first kappa shape index (κ1) is 11.4. The molecule has 0 aromatic rings. The van der Waals surface area contributed by atoms with Gasteiger partial charge in [-0.05, 0) is 6.92 Å². The van der Waals surface area contributed by atoms with E-state index < -0.39 is 30.1 Å². The van der Waals surface area contributed by atoms with Gasteiger partial charge in [-0.25, -0.2) is 14.4 Å². The Balaban J connectivity index is 2.58. The van der Waals surface area contributed by atoms with E-state index in [4.69, 9.17) is 5.11 Å². The van der Waals surface area contributed by atoms with Crippen molar-refractivity contribution in [2.45, 2.75) is 19.1 Å². The third kappa shape index (κ3) is 2.66. The van der Waals surface area contributed by atoms with Gasteiger partial charge in [0.05, 0.1) is 6.61 Å². The first-order valence-electron chi connectivity index (χ1n) is 4.24. The number of esters is 3. The number of carbonyl (C=O) groups is 3. The van der Waals surface area contributed by atoms with Crippen molar-refractivity contribution in [2.75, 3.05) is 13.2 Å². The van der Waals surface area contributed by atoms with Crippen LogP contribution < -0.4 is 0 Å². The van der Waals surface area contributed by atoms with Gasteiger partial charge in [0.15, 0.2) is 6.10 Å². The third-order valence-corrected chi connectivity index (χ3v) is 1.62. The fraction of sp³-hybridized carbons (Fsp3) is 0.625. The van der Waals surface area contributed by atoms with Crippen molar-refractivity contribution in [3.05, 3.63) is 0 Å². The second kappa shape index (κ2) is 4.74. The zero-order chi connectivity index (χ0) is 11.4. The number of carbonyl (C=O) groups excluding carboxylic acids is 3. The van der Waals surface area contributed by atoms with E-state index in [2.05, 4.69) is 14.2 Å². The summed E-state index contributed by atoms with van der Waals surface area (Å²) in [5.41, 5.74) is 0. The molecule has 1 N–H and O–H groups in total. The lowest BCUT2D eigenvalue weighted by molar-refractivity contribution is -0.200. The lowest BCUT2D eigenvalue weighted by Gasteiger charge is -2.23. The Morgan fingerprint density at radius 1 is 1.40 bits per heavy atom. The minimum absolute atomic E-state index is 0.268. The fourth-order valence-electron chi connectivity index (χ4n) is 0.910. The molecular formula is C8H10O7. The number of rotatable bonds is 3. The quantitative estimate of drug-likeness (QED) is 0.345. The van der Waals surface area contributed by atoms with Crippen molar-refractivity contribution in [3.63, 3.8) is 0 Å². The highest BCUT2D eigenvalue weighted by atomic mass is 16.7. The summed E-state index contributed by atoms with van der Waals surface area (Å²) in [5.74, 6) is -2.82. The van der Waals surface area contributed by atoms with Crippen LogP contribution in [-0.4, -0.2) is 48.4 Å². The monoisotopic (exact) mass is 218 g/mol. The average Bonchev–Trinajstić information content (AvgIpc) is 2.20. The van der Waals surface area contributed by atoms with Crippen molar-refractivity contribution in [3.8, 4) is 0 Å². The summed E-state index contributed by atoms with van der Waals surface area (Å²) in [4.78, 5) is 33.2. The lowest BCUT2D eigenvalue weighted by atomic mass is 10.3. The summed E-state index contributed by atoms with van der Waals surface area (Å²) in [7, 11) is 0. The molecule has 1 saturated heterocycles. The summed E-state index contributed by atoms with van der Waals surface area (Å²) < 4.78 is 13.5. The van der Waals surface area contributed by atoms with Crippen LogP contribution in [0.4, 0.5) is 0 Å². The van der Waals surface area contributed by atoms with Gasteiger partial charge in [-0.15, -0.1) is 0 Å². The van der Waals surface area contributed by atoms with E-state index >= 15 is 0 Å². The Kier molecular flexibility index (Phi) is 3.62. The van der Waals surface area contributed by atoms with Gasteiger partial charge < -0.3 is 19.3 Å². The molecule has 1 fully saturated rings. The highest BCUT2D eigenvalue weighted by Crippen LogP contribution is 2.11. The fourth-order valence-corrected chi connectivity index (χ4v) is 0.910. The topological polar surface area (TPSA) is 99.1 Å². The highest BCUT2D eigenvalue weighted by molar-refractivity contribution is 6.02. The average molecular weight is 218 g/mol. The normalized spacial score (nSPS) is 25.5. The molecule has 1 aliphatic heterocycles. The van der Waals surface area contributed by atoms with Crippen LogP contribution in [0.5, 0.6) is 0 Å². The maximum atomic E-state index is 11.1. The number of cyclic esters (lactones) is 2. The van der Waals surface area contributed by atoms with Crippen LogP contribution in [-0.2, 0) is 28.6 Å². The van der Waals surface area contributed by atoms with Crippen LogP contribution in [0.1, 0.15) is 6.92 Å². The van der Waals surface area contributed by atoms with Gasteiger partial charge in [0.1, 0.15) is 6.61 Å². The van der Waals surface area contributed by atoms with Gasteiger partial charge in [-0.1, -0.05) is 0 Å². The minimum atomic E-state index is -1.68. The van der Waals surface area contributed by atoms with Gasteiger partial charge in [0.25, 0.3) is 6.10 Å². The standard InChI is InChI=1S/C8H10O7/c1-4-6(10)15-5(8(12)14-4)7(11)13-3-2-9/h4-5,9H,2-3H2,1H3. The number of aliphatic hydroxyl groups is 1. The molecule has 2 unspecified atom stereocenters. The molecule has 2 atom stereocenters. The maximum Gasteiger partial charge on any atom is 0.360 e. The second-order valence-electron chi connectivity index (χ2n) is 2.79. The molecule has 0 saturated carbocycles. The van der Waals surface area contributed by atoms with Crippen LogP contribution in [0, 0.1) is 0 Å². The molecule has 7 heteroatoms. The zero-order valence-electron chi connectivity index (χ0n) is 7.97. The summed E-state index contributed by atoms with van der Waals surface area (Å²) in [6.07, 6.45) is -2.69. The van der Waals surface area contributed by atoms with Crippen LogP contribution >= 0.6 is 0 Å². The van der Waals surface area contributed by atoms with Crippen molar-refractivity contribution >= 4 is 17.9 Å². The largest absolute Gasteiger partial charge is 0.460 e.